The second-order valence-electron chi connectivity index (χ2n) is 4.49. The van der Waals surface area contributed by atoms with Crippen molar-refractivity contribution in [3.8, 4) is 0 Å². The summed E-state index contributed by atoms with van der Waals surface area (Å²) >= 11 is 5.97. The third-order valence-electron chi connectivity index (χ3n) is 2.83. The summed E-state index contributed by atoms with van der Waals surface area (Å²) in [5.41, 5.74) is 6.60. The SMILES string of the molecule is CCO[P+](O)(COCCn1cnc2c(Cl)nc(N)nc21)OCC. The number of rotatable bonds is 9. The summed E-state index contributed by atoms with van der Waals surface area (Å²) in [6.45, 7) is 5.06. The molecule has 0 fully saturated rings. The molecule has 0 saturated carbocycles. The minimum Gasteiger partial charge on any atom is -0.368 e. The predicted molar refractivity (Wildman–Crippen MR) is 88.0 cm³/mol. The first-order valence-corrected chi connectivity index (χ1v) is 9.24. The Hall–Kier alpha value is -1.09. The Balaban J connectivity index is 1.94. The van der Waals surface area contributed by atoms with Gasteiger partial charge in [-0.25, -0.2) is 4.98 Å². The van der Waals surface area contributed by atoms with Crippen LogP contribution in [0.2, 0.25) is 5.15 Å². The summed E-state index contributed by atoms with van der Waals surface area (Å²) < 4.78 is 17.7. The van der Waals surface area contributed by atoms with E-state index in [1.807, 2.05) is 0 Å². The molecule has 0 saturated heterocycles. The Morgan fingerprint density at radius 3 is 2.65 bits per heavy atom. The lowest BCUT2D eigenvalue weighted by atomic mass is 10.5. The van der Waals surface area contributed by atoms with Crippen molar-refractivity contribution in [2.24, 2.45) is 0 Å². The zero-order valence-corrected chi connectivity index (χ0v) is 14.6. The van der Waals surface area contributed by atoms with E-state index in [9.17, 15) is 4.89 Å². The molecule has 0 spiro atoms. The van der Waals surface area contributed by atoms with Crippen molar-refractivity contribution in [1.82, 2.24) is 19.5 Å². The Bertz CT molecular complexity index is 650. The number of ether oxygens (including phenoxy) is 1. The zero-order chi connectivity index (χ0) is 16.9. The van der Waals surface area contributed by atoms with Gasteiger partial charge in [-0.1, -0.05) is 11.6 Å². The molecule has 0 amide bonds. The molecule has 0 atom stereocenters. The van der Waals surface area contributed by atoms with Gasteiger partial charge < -0.3 is 15.0 Å². The molecule has 0 aliphatic rings. The Kier molecular flexibility index (Phi) is 6.46. The van der Waals surface area contributed by atoms with Crippen LogP contribution in [0.25, 0.3) is 11.2 Å². The highest BCUT2D eigenvalue weighted by atomic mass is 35.5. The van der Waals surface area contributed by atoms with Crippen LogP contribution in [0, 0.1) is 0 Å². The maximum absolute atomic E-state index is 10.2. The highest BCUT2D eigenvalue weighted by molar-refractivity contribution is 7.60. The van der Waals surface area contributed by atoms with E-state index >= 15 is 0 Å². The van der Waals surface area contributed by atoms with Crippen molar-refractivity contribution in [2.75, 3.05) is 31.9 Å². The molecule has 128 valence electrons. The monoisotopic (exact) mass is 364 g/mol. The van der Waals surface area contributed by atoms with Crippen LogP contribution in [0.1, 0.15) is 13.8 Å². The number of nitrogens with two attached hydrogens (primary N) is 1. The van der Waals surface area contributed by atoms with E-state index in [4.69, 9.17) is 31.1 Å². The van der Waals surface area contributed by atoms with Crippen molar-refractivity contribution in [3.63, 3.8) is 0 Å². The number of nitrogen functional groups attached to an aromatic ring is 1. The maximum Gasteiger partial charge on any atom is 0.436 e. The number of nitrogens with zero attached hydrogens (tertiary/aromatic N) is 4. The smallest absolute Gasteiger partial charge is 0.368 e. The van der Waals surface area contributed by atoms with Crippen LogP contribution < -0.4 is 5.73 Å². The molecule has 0 bridgehead atoms. The summed E-state index contributed by atoms with van der Waals surface area (Å²) in [5.74, 6) is 0.0816. The van der Waals surface area contributed by atoms with E-state index in [0.717, 1.165) is 0 Å². The van der Waals surface area contributed by atoms with Gasteiger partial charge in [0.2, 0.25) is 12.3 Å². The molecule has 0 radical (unpaired) electrons. The van der Waals surface area contributed by atoms with Crippen molar-refractivity contribution >= 4 is 36.7 Å². The van der Waals surface area contributed by atoms with Gasteiger partial charge in [-0.15, -0.1) is 0 Å². The lowest BCUT2D eigenvalue weighted by molar-refractivity contribution is 0.111. The van der Waals surface area contributed by atoms with Gasteiger partial charge in [-0.3, -0.25) is 0 Å². The van der Waals surface area contributed by atoms with E-state index in [2.05, 4.69) is 15.0 Å². The highest BCUT2D eigenvalue weighted by Gasteiger charge is 2.40. The van der Waals surface area contributed by atoms with Gasteiger partial charge in [-0.05, 0) is 13.8 Å². The van der Waals surface area contributed by atoms with Crippen LogP contribution >= 0.6 is 19.5 Å². The largest absolute Gasteiger partial charge is 0.436 e. The standard InChI is InChI=1S/C12H20ClN5O4P/c1-3-21-23(19,22-4-2)8-20-6-5-18-7-15-9-10(13)16-12(14)17-11(9)18/h7,19H,3-6,8H2,1-2H3,(H2,14,16,17)/q+1. The van der Waals surface area contributed by atoms with E-state index in [-0.39, 0.29) is 17.4 Å². The van der Waals surface area contributed by atoms with Crippen LogP contribution in [0.5, 0.6) is 0 Å². The van der Waals surface area contributed by atoms with Gasteiger partial charge in [0.1, 0.15) is 5.52 Å². The van der Waals surface area contributed by atoms with Gasteiger partial charge in [0.15, 0.2) is 10.8 Å². The van der Waals surface area contributed by atoms with E-state index in [1.165, 1.54) is 0 Å². The molecule has 2 aromatic heterocycles. The lowest BCUT2D eigenvalue weighted by Crippen LogP contribution is -2.12. The molecule has 2 heterocycles. The predicted octanol–water partition coefficient (Wildman–Crippen LogP) is 1.86. The molecular formula is C12H20ClN5O4P+. The molecule has 23 heavy (non-hydrogen) atoms. The van der Waals surface area contributed by atoms with Crippen molar-refractivity contribution in [3.05, 3.63) is 11.5 Å². The van der Waals surface area contributed by atoms with Gasteiger partial charge in [0, 0.05) is 6.54 Å². The second-order valence-corrected chi connectivity index (χ2v) is 6.90. The molecular weight excluding hydrogens is 345 g/mol. The number of aromatic nitrogens is 4. The molecule has 2 rings (SSSR count). The number of halogens is 1. The second kappa shape index (κ2) is 8.14. The average molecular weight is 365 g/mol. The Labute approximate surface area is 139 Å². The van der Waals surface area contributed by atoms with Crippen LogP contribution in [-0.2, 0) is 20.3 Å². The molecule has 0 aliphatic heterocycles. The highest BCUT2D eigenvalue weighted by Crippen LogP contribution is 2.56. The summed E-state index contributed by atoms with van der Waals surface area (Å²) in [6, 6.07) is 0. The van der Waals surface area contributed by atoms with Gasteiger partial charge in [0.25, 0.3) is 0 Å². The third-order valence-corrected chi connectivity index (χ3v) is 4.93. The lowest BCUT2D eigenvalue weighted by Gasteiger charge is -2.15. The Morgan fingerprint density at radius 2 is 2.00 bits per heavy atom. The van der Waals surface area contributed by atoms with Crippen molar-refractivity contribution in [1.29, 1.82) is 0 Å². The van der Waals surface area contributed by atoms with Crippen molar-refractivity contribution < 1.29 is 18.7 Å². The fourth-order valence-electron chi connectivity index (χ4n) is 1.95. The fourth-order valence-corrected chi connectivity index (χ4v) is 3.56. The number of fused-ring (bicyclic) bond motifs is 1. The summed E-state index contributed by atoms with van der Waals surface area (Å²) in [5, 5.41) is 0.208. The van der Waals surface area contributed by atoms with Crippen LogP contribution in [0.3, 0.4) is 0 Å². The first kappa shape index (κ1) is 18.3. The van der Waals surface area contributed by atoms with Gasteiger partial charge >= 0.3 is 7.94 Å². The average Bonchev–Trinajstić information content (AvgIpc) is 2.87. The molecule has 3 N–H and O–H groups in total. The molecule has 0 aromatic carbocycles. The molecule has 11 heteroatoms. The van der Waals surface area contributed by atoms with Crippen LogP contribution in [0.15, 0.2) is 6.33 Å². The third kappa shape index (κ3) is 4.69. The van der Waals surface area contributed by atoms with E-state index in [1.54, 1.807) is 24.7 Å². The summed E-state index contributed by atoms with van der Waals surface area (Å²) in [6.07, 6.45) is 1.58. The van der Waals surface area contributed by atoms with E-state index in [0.29, 0.717) is 37.5 Å². The van der Waals surface area contributed by atoms with Crippen LogP contribution in [0.4, 0.5) is 5.95 Å². The summed E-state index contributed by atoms with van der Waals surface area (Å²) in [4.78, 5) is 22.3. The van der Waals surface area contributed by atoms with Crippen LogP contribution in [-0.4, -0.2) is 50.6 Å². The fraction of sp³-hybridized carbons (Fsp3) is 0.583. The maximum atomic E-state index is 10.2. The van der Waals surface area contributed by atoms with E-state index < -0.39 is 7.94 Å². The molecule has 9 nitrogen and oxygen atoms in total. The zero-order valence-electron chi connectivity index (χ0n) is 13.0. The first-order chi connectivity index (χ1) is 11.0. The Morgan fingerprint density at radius 1 is 1.30 bits per heavy atom. The van der Waals surface area contributed by atoms with Crippen molar-refractivity contribution in [2.45, 2.75) is 20.4 Å². The first-order valence-electron chi connectivity index (χ1n) is 7.10. The number of imidazole rings is 1. The van der Waals surface area contributed by atoms with Gasteiger partial charge in [-0.2, -0.15) is 23.9 Å². The number of hydrogen-bond donors (Lipinski definition) is 2. The molecule has 0 aliphatic carbocycles. The normalized spacial score (nSPS) is 12.2. The topological polar surface area (TPSA) is 118 Å². The summed E-state index contributed by atoms with van der Waals surface area (Å²) in [7, 11) is -2.95. The minimum atomic E-state index is -2.95. The number of hydrogen-bond acceptors (Lipinski definition) is 8. The molecule has 0 unspecified atom stereocenters. The minimum absolute atomic E-state index is 0.000805. The van der Waals surface area contributed by atoms with Gasteiger partial charge in [0.05, 0.1) is 26.1 Å². The quantitative estimate of drug-likeness (QED) is 0.393. The number of anilines is 1. The molecule has 2 aromatic rings.